The SMILES string of the molecule is O=C(NCCc1nsc2ccccc12)C1CNCC12CCOCC2. The Kier molecular flexibility index (Phi) is 4.52. The molecule has 128 valence electrons. The Balaban J connectivity index is 1.36. The Labute approximate surface area is 145 Å². The minimum atomic E-state index is 0.0635. The van der Waals surface area contributed by atoms with Crippen LogP contribution in [-0.2, 0) is 16.0 Å². The number of carbonyl (C=O) groups excluding carboxylic acids is 1. The van der Waals surface area contributed by atoms with Gasteiger partial charge in [-0.15, -0.1) is 0 Å². The van der Waals surface area contributed by atoms with Crippen LogP contribution in [0.3, 0.4) is 0 Å². The molecular weight excluding hydrogens is 322 g/mol. The Morgan fingerprint density at radius 3 is 3.08 bits per heavy atom. The van der Waals surface area contributed by atoms with Crippen molar-refractivity contribution in [2.75, 3.05) is 32.8 Å². The van der Waals surface area contributed by atoms with Crippen molar-refractivity contribution in [2.45, 2.75) is 19.3 Å². The van der Waals surface area contributed by atoms with Gasteiger partial charge in [0.1, 0.15) is 0 Å². The Bertz CT molecular complexity index is 724. The molecule has 1 aromatic carbocycles. The number of rotatable bonds is 4. The van der Waals surface area contributed by atoms with Crippen molar-refractivity contribution in [1.82, 2.24) is 15.0 Å². The van der Waals surface area contributed by atoms with E-state index in [4.69, 9.17) is 4.74 Å². The summed E-state index contributed by atoms with van der Waals surface area (Å²) >= 11 is 1.53. The van der Waals surface area contributed by atoms with E-state index in [2.05, 4.69) is 27.1 Å². The first kappa shape index (κ1) is 16.0. The molecule has 3 heterocycles. The molecule has 1 aromatic heterocycles. The fraction of sp³-hybridized carbons (Fsp3) is 0.556. The molecule has 2 aliphatic rings. The van der Waals surface area contributed by atoms with Crippen molar-refractivity contribution in [2.24, 2.45) is 11.3 Å². The van der Waals surface area contributed by atoms with Crippen molar-refractivity contribution >= 4 is 27.5 Å². The van der Waals surface area contributed by atoms with Crippen LogP contribution in [0.5, 0.6) is 0 Å². The van der Waals surface area contributed by atoms with E-state index < -0.39 is 0 Å². The van der Waals surface area contributed by atoms with Crippen LogP contribution in [0, 0.1) is 11.3 Å². The van der Waals surface area contributed by atoms with Crippen LogP contribution in [0.25, 0.3) is 10.1 Å². The zero-order valence-corrected chi connectivity index (χ0v) is 14.5. The zero-order chi connectivity index (χ0) is 16.4. The van der Waals surface area contributed by atoms with Gasteiger partial charge in [0, 0.05) is 44.7 Å². The molecule has 24 heavy (non-hydrogen) atoms. The molecule has 0 saturated carbocycles. The van der Waals surface area contributed by atoms with Gasteiger partial charge >= 0.3 is 0 Å². The predicted molar refractivity (Wildman–Crippen MR) is 95.2 cm³/mol. The van der Waals surface area contributed by atoms with Crippen LogP contribution >= 0.6 is 11.5 Å². The molecule has 0 aliphatic carbocycles. The van der Waals surface area contributed by atoms with Crippen molar-refractivity contribution in [3.63, 3.8) is 0 Å². The average molecular weight is 345 g/mol. The van der Waals surface area contributed by atoms with Gasteiger partial charge in [-0.3, -0.25) is 4.79 Å². The lowest BCUT2D eigenvalue weighted by atomic mass is 9.72. The molecule has 2 aromatic rings. The highest BCUT2D eigenvalue weighted by Crippen LogP contribution is 2.40. The van der Waals surface area contributed by atoms with Gasteiger partial charge in [-0.1, -0.05) is 18.2 Å². The quantitative estimate of drug-likeness (QED) is 0.889. The van der Waals surface area contributed by atoms with Crippen molar-refractivity contribution in [3.8, 4) is 0 Å². The summed E-state index contributed by atoms with van der Waals surface area (Å²) in [6, 6.07) is 8.27. The fourth-order valence-corrected chi connectivity index (χ4v) is 4.85. The van der Waals surface area contributed by atoms with E-state index in [0.29, 0.717) is 6.54 Å². The van der Waals surface area contributed by atoms with Gasteiger partial charge in [-0.05, 0) is 35.9 Å². The number of nitrogens with zero attached hydrogens (tertiary/aromatic N) is 1. The van der Waals surface area contributed by atoms with Gasteiger partial charge in [0.25, 0.3) is 0 Å². The monoisotopic (exact) mass is 345 g/mol. The van der Waals surface area contributed by atoms with E-state index in [1.165, 1.54) is 21.6 Å². The highest BCUT2D eigenvalue weighted by atomic mass is 32.1. The van der Waals surface area contributed by atoms with Crippen LogP contribution in [0.4, 0.5) is 0 Å². The summed E-state index contributed by atoms with van der Waals surface area (Å²) in [5.41, 5.74) is 1.18. The van der Waals surface area contributed by atoms with Crippen LogP contribution < -0.4 is 10.6 Å². The molecule has 4 rings (SSSR count). The molecule has 0 bridgehead atoms. The minimum absolute atomic E-state index is 0.0635. The number of benzene rings is 1. The molecule has 1 unspecified atom stereocenters. The second kappa shape index (κ2) is 6.78. The third-order valence-electron chi connectivity index (χ3n) is 5.48. The van der Waals surface area contributed by atoms with E-state index in [1.807, 2.05) is 12.1 Å². The largest absolute Gasteiger partial charge is 0.381 e. The molecule has 6 heteroatoms. The van der Waals surface area contributed by atoms with E-state index in [9.17, 15) is 4.79 Å². The second-order valence-electron chi connectivity index (χ2n) is 6.82. The molecular formula is C18H23N3O2S. The first-order valence-electron chi connectivity index (χ1n) is 8.68. The summed E-state index contributed by atoms with van der Waals surface area (Å²) in [5.74, 6) is 0.245. The maximum atomic E-state index is 12.7. The molecule has 2 N–H and O–H groups in total. The lowest BCUT2D eigenvalue weighted by molar-refractivity contribution is -0.129. The van der Waals surface area contributed by atoms with E-state index >= 15 is 0 Å². The number of fused-ring (bicyclic) bond motifs is 1. The smallest absolute Gasteiger partial charge is 0.225 e. The number of amides is 1. The van der Waals surface area contributed by atoms with E-state index in [-0.39, 0.29) is 17.2 Å². The molecule has 1 atom stereocenters. The van der Waals surface area contributed by atoms with Gasteiger partial charge in [-0.25, -0.2) is 0 Å². The summed E-state index contributed by atoms with van der Waals surface area (Å²) in [7, 11) is 0. The highest BCUT2D eigenvalue weighted by molar-refractivity contribution is 7.13. The number of aromatic nitrogens is 1. The van der Waals surface area contributed by atoms with Crippen molar-refractivity contribution < 1.29 is 9.53 Å². The Hall–Kier alpha value is -1.50. The highest BCUT2D eigenvalue weighted by Gasteiger charge is 2.47. The lowest BCUT2D eigenvalue weighted by Crippen LogP contribution is -2.44. The fourth-order valence-electron chi connectivity index (χ4n) is 4.02. The van der Waals surface area contributed by atoms with Crippen molar-refractivity contribution in [3.05, 3.63) is 30.0 Å². The second-order valence-corrected chi connectivity index (χ2v) is 7.63. The normalized spacial score (nSPS) is 22.9. The summed E-state index contributed by atoms with van der Waals surface area (Å²) in [5, 5.41) is 7.77. The Morgan fingerprint density at radius 2 is 2.21 bits per heavy atom. The van der Waals surface area contributed by atoms with Crippen LogP contribution in [0.1, 0.15) is 18.5 Å². The lowest BCUT2D eigenvalue weighted by Gasteiger charge is -2.37. The number of hydrogen-bond acceptors (Lipinski definition) is 5. The van der Waals surface area contributed by atoms with E-state index in [1.54, 1.807) is 0 Å². The summed E-state index contributed by atoms with van der Waals surface area (Å²) in [4.78, 5) is 12.7. The third-order valence-corrected chi connectivity index (χ3v) is 6.35. The van der Waals surface area contributed by atoms with Gasteiger partial charge in [0.2, 0.25) is 5.91 Å². The number of nitrogens with one attached hydrogen (secondary N) is 2. The number of ether oxygens (including phenoxy) is 1. The van der Waals surface area contributed by atoms with E-state index in [0.717, 1.165) is 51.3 Å². The molecule has 2 fully saturated rings. The van der Waals surface area contributed by atoms with Gasteiger partial charge in [-0.2, -0.15) is 4.37 Å². The maximum absolute atomic E-state index is 12.7. The molecule has 2 saturated heterocycles. The van der Waals surface area contributed by atoms with Crippen LogP contribution in [0.2, 0.25) is 0 Å². The van der Waals surface area contributed by atoms with Gasteiger partial charge in [0.05, 0.1) is 16.3 Å². The minimum Gasteiger partial charge on any atom is -0.381 e. The standard InChI is InChI=1S/C18H23N3O2S/c22-17(14-11-19-12-18(14)6-9-23-10-7-18)20-8-5-15-13-3-1-2-4-16(13)24-21-15/h1-4,14,19H,5-12H2,(H,20,22). The molecule has 0 radical (unpaired) electrons. The molecule has 2 aliphatic heterocycles. The average Bonchev–Trinajstić information content (AvgIpc) is 3.20. The van der Waals surface area contributed by atoms with Gasteiger partial charge in [0.15, 0.2) is 0 Å². The third kappa shape index (κ3) is 2.94. The van der Waals surface area contributed by atoms with Crippen LogP contribution in [-0.4, -0.2) is 43.1 Å². The molecule has 1 amide bonds. The predicted octanol–water partition coefficient (Wildman–Crippen LogP) is 1.97. The first-order chi connectivity index (χ1) is 11.8. The zero-order valence-electron chi connectivity index (χ0n) is 13.7. The topological polar surface area (TPSA) is 63.2 Å². The van der Waals surface area contributed by atoms with Gasteiger partial charge < -0.3 is 15.4 Å². The summed E-state index contributed by atoms with van der Waals surface area (Å²) in [6.45, 7) is 3.92. The Morgan fingerprint density at radius 1 is 1.38 bits per heavy atom. The summed E-state index contributed by atoms with van der Waals surface area (Å²) < 4.78 is 11.2. The summed E-state index contributed by atoms with van der Waals surface area (Å²) in [6.07, 6.45) is 2.75. The molecule has 1 spiro atoms. The van der Waals surface area contributed by atoms with Crippen molar-refractivity contribution in [1.29, 1.82) is 0 Å². The number of carbonyl (C=O) groups is 1. The maximum Gasteiger partial charge on any atom is 0.225 e. The molecule has 5 nitrogen and oxygen atoms in total. The number of hydrogen-bond donors (Lipinski definition) is 2. The first-order valence-corrected chi connectivity index (χ1v) is 9.45. The van der Waals surface area contributed by atoms with Crippen LogP contribution in [0.15, 0.2) is 24.3 Å².